The van der Waals surface area contributed by atoms with E-state index in [0.29, 0.717) is 35.2 Å². The van der Waals surface area contributed by atoms with Crippen LogP contribution in [0.3, 0.4) is 0 Å². The van der Waals surface area contributed by atoms with Crippen LogP contribution in [0, 0.1) is 0 Å². The molecule has 110 valence electrons. The zero-order valence-electron chi connectivity index (χ0n) is 11.5. The maximum atomic E-state index is 12.1. The van der Waals surface area contributed by atoms with Crippen molar-refractivity contribution < 1.29 is 14.4 Å². The third kappa shape index (κ3) is 3.10. The minimum absolute atomic E-state index is 0.0323. The van der Waals surface area contributed by atoms with Gasteiger partial charge in [0.25, 0.3) is 11.8 Å². The molecule has 1 aliphatic carbocycles. The summed E-state index contributed by atoms with van der Waals surface area (Å²) in [5.74, 6) is 0.505. The van der Waals surface area contributed by atoms with Crippen LogP contribution in [0.15, 0.2) is 24.3 Å². The molecule has 0 atom stereocenters. The van der Waals surface area contributed by atoms with Gasteiger partial charge in [-0.1, -0.05) is 12.1 Å². The number of carbonyl (C=O) groups is 3. The summed E-state index contributed by atoms with van der Waals surface area (Å²) in [6, 6.07) is 7.22. The molecule has 0 saturated heterocycles. The summed E-state index contributed by atoms with van der Waals surface area (Å²) in [4.78, 5) is 37.0. The molecule has 0 spiro atoms. The van der Waals surface area contributed by atoms with E-state index in [1.807, 2.05) is 0 Å². The Morgan fingerprint density at radius 1 is 1.19 bits per heavy atom. The van der Waals surface area contributed by atoms with Gasteiger partial charge in [-0.05, 0) is 25.0 Å². The lowest BCUT2D eigenvalue weighted by atomic mass is 10.1. The number of nitrogens with zero attached hydrogens (tertiary/aromatic N) is 1. The molecule has 0 aromatic heterocycles. The molecule has 5 nitrogen and oxygen atoms in total. The van der Waals surface area contributed by atoms with Gasteiger partial charge in [0, 0.05) is 18.3 Å². The number of fused-ring (bicyclic) bond motifs is 1. The molecule has 1 aromatic carbocycles. The second-order valence-corrected chi connectivity index (χ2v) is 6.31. The van der Waals surface area contributed by atoms with Crippen LogP contribution in [0.25, 0.3) is 0 Å². The summed E-state index contributed by atoms with van der Waals surface area (Å²) in [7, 11) is 0. The molecule has 1 aromatic rings. The Morgan fingerprint density at radius 3 is 2.38 bits per heavy atom. The summed E-state index contributed by atoms with van der Waals surface area (Å²) < 4.78 is 0. The average molecular weight is 304 g/mol. The monoisotopic (exact) mass is 304 g/mol. The van der Waals surface area contributed by atoms with Crippen molar-refractivity contribution in [3.05, 3.63) is 35.4 Å². The Kier molecular flexibility index (Phi) is 3.96. The van der Waals surface area contributed by atoms with E-state index in [2.05, 4.69) is 5.32 Å². The van der Waals surface area contributed by atoms with E-state index in [1.54, 1.807) is 24.3 Å². The van der Waals surface area contributed by atoms with Crippen LogP contribution < -0.4 is 5.32 Å². The largest absolute Gasteiger partial charge is 0.353 e. The third-order valence-electron chi connectivity index (χ3n) is 3.51. The summed E-state index contributed by atoms with van der Waals surface area (Å²) >= 11 is 1.44. The van der Waals surface area contributed by atoms with Crippen molar-refractivity contribution in [2.45, 2.75) is 18.9 Å². The molecule has 1 heterocycles. The zero-order valence-corrected chi connectivity index (χ0v) is 12.3. The molecule has 1 saturated carbocycles. The Bertz CT molecular complexity index is 563. The molecule has 1 aliphatic heterocycles. The topological polar surface area (TPSA) is 66.5 Å². The van der Waals surface area contributed by atoms with Crippen LogP contribution >= 0.6 is 11.8 Å². The zero-order chi connectivity index (χ0) is 14.8. The number of carbonyl (C=O) groups excluding carboxylic acids is 3. The molecule has 3 amide bonds. The Balaban J connectivity index is 1.47. The second-order valence-electron chi connectivity index (χ2n) is 5.20. The van der Waals surface area contributed by atoms with Crippen molar-refractivity contribution in [2.24, 2.45) is 0 Å². The third-order valence-corrected chi connectivity index (χ3v) is 4.45. The quantitative estimate of drug-likeness (QED) is 0.635. The first-order valence-electron chi connectivity index (χ1n) is 6.99. The first kappa shape index (κ1) is 14.1. The van der Waals surface area contributed by atoms with Crippen molar-refractivity contribution in [2.75, 3.05) is 18.1 Å². The van der Waals surface area contributed by atoms with Crippen molar-refractivity contribution in [1.29, 1.82) is 0 Å². The lowest BCUT2D eigenvalue weighted by Gasteiger charge is -2.13. The highest BCUT2D eigenvalue weighted by Gasteiger charge is 2.34. The van der Waals surface area contributed by atoms with E-state index in [1.165, 1.54) is 16.7 Å². The second kappa shape index (κ2) is 5.89. The number of imide groups is 1. The summed E-state index contributed by atoms with van der Waals surface area (Å²) in [6.45, 7) is 0.341. The number of nitrogens with one attached hydrogen (secondary N) is 1. The van der Waals surface area contributed by atoms with Crippen LogP contribution in [0.2, 0.25) is 0 Å². The predicted molar refractivity (Wildman–Crippen MR) is 80.3 cm³/mol. The highest BCUT2D eigenvalue weighted by atomic mass is 32.2. The molecule has 3 rings (SSSR count). The normalized spacial score (nSPS) is 17.0. The minimum Gasteiger partial charge on any atom is -0.353 e. The van der Waals surface area contributed by atoms with E-state index < -0.39 is 0 Å². The molecule has 0 unspecified atom stereocenters. The maximum Gasteiger partial charge on any atom is 0.261 e. The fourth-order valence-corrected chi connectivity index (χ4v) is 2.98. The van der Waals surface area contributed by atoms with Crippen LogP contribution in [0.4, 0.5) is 0 Å². The standard InChI is InChI=1S/C15H16N2O3S/c18-13(16-10-5-6-10)9-21-8-7-17-14(19)11-3-1-2-4-12(11)15(17)20/h1-4,10H,5-9H2,(H,16,18). The maximum absolute atomic E-state index is 12.1. The molecule has 1 fully saturated rings. The highest BCUT2D eigenvalue weighted by molar-refractivity contribution is 7.99. The Hall–Kier alpha value is -1.82. The first-order chi connectivity index (χ1) is 10.2. The molecule has 2 aliphatic rings. The lowest BCUT2D eigenvalue weighted by molar-refractivity contribution is -0.118. The van der Waals surface area contributed by atoms with Crippen molar-refractivity contribution in [1.82, 2.24) is 10.2 Å². The van der Waals surface area contributed by atoms with Crippen molar-refractivity contribution in [3.63, 3.8) is 0 Å². The highest BCUT2D eigenvalue weighted by Crippen LogP contribution is 2.22. The smallest absolute Gasteiger partial charge is 0.261 e. The number of amides is 3. The fraction of sp³-hybridized carbons (Fsp3) is 0.400. The molecule has 21 heavy (non-hydrogen) atoms. The minimum atomic E-state index is -0.237. The molecule has 0 radical (unpaired) electrons. The first-order valence-corrected chi connectivity index (χ1v) is 8.14. The number of hydrogen-bond acceptors (Lipinski definition) is 4. The van der Waals surface area contributed by atoms with E-state index in [4.69, 9.17) is 0 Å². The molecule has 0 bridgehead atoms. The van der Waals surface area contributed by atoms with Gasteiger partial charge in [-0.15, -0.1) is 0 Å². The Labute approximate surface area is 127 Å². The number of benzene rings is 1. The summed E-state index contributed by atoms with van der Waals surface area (Å²) in [5.41, 5.74) is 0.943. The van der Waals surface area contributed by atoms with E-state index in [0.717, 1.165) is 12.8 Å². The van der Waals surface area contributed by atoms with Crippen LogP contribution in [0.5, 0.6) is 0 Å². The van der Waals surface area contributed by atoms with Crippen LogP contribution in [-0.2, 0) is 4.79 Å². The Morgan fingerprint density at radius 2 is 1.81 bits per heavy atom. The summed E-state index contributed by atoms with van der Waals surface area (Å²) in [6.07, 6.45) is 2.15. The predicted octanol–water partition coefficient (Wildman–Crippen LogP) is 1.29. The van der Waals surface area contributed by atoms with Gasteiger partial charge in [0.2, 0.25) is 5.91 Å². The van der Waals surface area contributed by atoms with E-state index in [9.17, 15) is 14.4 Å². The van der Waals surface area contributed by atoms with Crippen molar-refractivity contribution >= 4 is 29.5 Å². The molecule has 6 heteroatoms. The van der Waals surface area contributed by atoms with Gasteiger partial charge in [0.15, 0.2) is 0 Å². The molecule has 1 N–H and O–H groups in total. The van der Waals surface area contributed by atoms with Gasteiger partial charge in [-0.3, -0.25) is 19.3 Å². The van der Waals surface area contributed by atoms with E-state index >= 15 is 0 Å². The van der Waals surface area contributed by atoms with Crippen LogP contribution in [-0.4, -0.2) is 46.7 Å². The van der Waals surface area contributed by atoms with Gasteiger partial charge in [-0.25, -0.2) is 0 Å². The van der Waals surface area contributed by atoms with Crippen LogP contribution in [0.1, 0.15) is 33.6 Å². The lowest BCUT2D eigenvalue weighted by Crippen LogP contribution is -2.32. The number of hydrogen-bond donors (Lipinski definition) is 1. The number of rotatable bonds is 6. The molecular weight excluding hydrogens is 288 g/mol. The van der Waals surface area contributed by atoms with Crippen molar-refractivity contribution in [3.8, 4) is 0 Å². The number of thioether (sulfide) groups is 1. The summed E-state index contributed by atoms with van der Waals surface area (Å²) in [5, 5.41) is 2.91. The van der Waals surface area contributed by atoms with E-state index in [-0.39, 0.29) is 17.7 Å². The van der Waals surface area contributed by atoms with Gasteiger partial charge < -0.3 is 5.32 Å². The van der Waals surface area contributed by atoms with Gasteiger partial charge in [-0.2, -0.15) is 11.8 Å². The van der Waals surface area contributed by atoms with Gasteiger partial charge >= 0.3 is 0 Å². The average Bonchev–Trinajstić information content (AvgIpc) is 3.26. The SMILES string of the molecule is O=C(CSCCN1C(=O)c2ccccc2C1=O)NC1CC1. The van der Waals surface area contributed by atoms with Gasteiger partial charge in [0.05, 0.1) is 16.9 Å². The fourth-order valence-electron chi connectivity index (χ4n) is 2.26. The van der Waals surface area contributed by atoms with Gasteiger partial charge in [0.1, 0.15) is 0 Å². The molecular formula is C15H16N2O3S.